The van der Waals surface area contributed by atoms with Crippen LogP contribution in [0.25, 0.3) is 11.3 Å². The Balaban J connectivity index is 1.44. The van der Waals surface area contributed by atoms with Crippen LogP contribution in [0.15, 0.2) is 95.5 Å². The van der Waals surface area contributed by atoms with Crippen LogP contribution in [0.5, 0.6) is 0 Å². The Labute approximate surface area is 189 Å². The third-order valence-electron chi connectivity index (χ3n) is 5.54. The highest BCUT2D eigenvalue weighted by atomic mass is 16.5. The number of anilines is 1. The van der Waals surface area contributed by atoms with Crippen LogP contribution in [0.2, 0.25) is 0 Å². The van der Waals surface area contributed by atoms with Gasteiger partial charge in [0.15, 0.2) is 0 Å². The van der Waals surface area contributed by atoms with Gasteiger partial charge in [-0.2, -0.15) is 0 Å². The van der Waals surface area contributed by atoms with Crippen LogP contribution in [0, 0.1) is 0 Å². The summed E-state index contributed by atoms with van der Waals surface area (Å²) in [6, 6.07) is 25.7. The lowest BCUT2D eigenvalue weighted by Gasteiger charge is -2.25. The molecule has 0 aliphatic carbocycles. The lowest BCUT2D eigenvalue weighted by Crippen LogP contribution is -2.48. The molecule has 7 nitrogen and oxygen atoms in total. The van der Waals surface area contributed by atoms with E-state index < -0.39 is 23.8 Å². The lowest BCUT2D eigenvalue weighted by molar-refractivity contribution is -0.120. The molecule has 5 rings (SSSR count). The SMILES string of the molecule is O=C(Nc1cc(-c2ccccc2)no1)C(Cc1ccccc1)N1C(=O)c2ccccc2C1=O. The van der Waals surface area contributed by atoms with Crippen molar-refractivity contribution in [2.45, 2.75) is 12.5 Å². The van der Waals surface area contributed by atoms with Crippen LogP contribution in [-0.2, 0) is 11.2 Å². The second-order valence-electron chi connectivity index (χ2n) is 7.66. The van der Waals surface area contributed by atoms with Gasteiger partial charge >= 0.3 is 0 Å². The quantitative estimate of drug-likeness (QED) is 0.457. The number of imide groups is 1. The topological polar surface area (TPSA) is 92.5 Å². The van der Waals surface area contributed by atoms with E-state index >= 15 is 0 Å². The summed E-state index contributed by atoms with van der Waals surface area (Å²) in [5, 5.41) is 6.69. The third-order valence-corrected chi connectivity index (χ3v) is 5.54. The summed E-state index contributed by atoms with van der Waals surface area (Å²) in [4.78, 5) is 40.5. The minimum Gasteiger partial charge on any atom is -0.338 e. The summed E-state index contributed by atoms with van der Waals surface area (Å²) in [6.07, 6.45) is 0.165. The molecule has 0 saturated carbocycles. The smallest absolute Gasteiger partial charge is 0.262 e. The zero-order valence-corrected chi connectivity index (χ0v) is 17.5. The summed E-state index contributed by atoms with van der Waals surface area (Å²) >= 11 is 0. The van der Waals surface area contributed by atoms with E-state index in [1.807, 2.05) is 60.7 Å². The molecule has 0 saturated heterocycles. The van der Waals surface area contributed by atoms with Crippen molar-refractivity contribution in [1.29, 1.82) is 0 Å². The molecule has 2 heterocycles. The molecule has 1 unspecified atom stereocenters. The maximum atomic E-state index is 13.3. The van der Waals surface area contributed by atoms with Crippen LogP contribution in [0.1, 0.15) is 26.3 Å². The van der Waals surface area contributed by atoms with E-state index in [-0.39, 0.29) is 12.3 Å². The van der Waals surface area contributed by atoms with Crippen molar-refractivity contribution in [3.05, 3.63) is 108 Å². The van der Waals surface area contributed by atoms with Crippen LogP contribution in [-0.4, -0.2) is 33.8 Å². The predicted octanol–water partition coefficient (Wildman–Crippen LogP) is 4.19. The van der Waals surface area contributed by atoms with E-state index in [1.54, 1.807) is 30.3 Å². The maximum absolute atomic E-state index is 13.3. The summed E-state index contributed by atoms with van der Waals surface area (Å²) in [6.45, 7) is 0. The number of nitrogens with one attached hydrogen (secondary N) is 1. The van der Waals surface area contributed by atoms with Crippen molar-refractivity contribution >= 4 is 23.6 Å². The van der Waals surface area contributed by atoms with Crippen molar-refractivity contribution in [2.24, 2.45) is 0 Å². The number of hydrogen-bond acceptors (Lipinski definition) is 5. The number of aromatic nitrogens is 1. The highest BCUT2D eigenvalue weighted by Crippen LogP contribution is 2.27. The summed E-state index contributed by atoms with van der Waals surface area (Å²) < 4.78 is 5.30. The fourth-order valence-corrected chi connectivity index (χ4v) is 3.91. The molecule has 0 bridgehead atoms. The van der Waals surface area contributed by atoms with Gasteiger partial charge in [-0.25, -0.2) is 0 Å². The fourth-order valence-electron chi connectivity index (χ4n) is 3.91. The van der Waals surface area contributed by atoms with Gasteiger partial charge in [0.25, 0.3) is 11.8 Å². The predicted molar refractivity (Wildman–Crippen MR) is 121 cm³/mol. The minimum absolute atomic E-state index is 0.133. The number of rotatable bonds is 6. The van der Waals surface area contributed by atoms with Crippen molar-refractivity contribution < 1.29 is 18.9 Å². The molecule has 33 heavy (non-hydrogen) atoms. The Hall–Kier alpha value is -4.52. The number of nitrogens with zero attached hydrogens (tertiary/aromatic N) is 2. The number of benzene rings is 3. The summed E-state index contributed by atoms with van der Waals surface area (Å²) in [5.74, 6) is -1.39. The Kier molecular flexibility index (Phi) is 5.28. The highest BCUT2D eigenvalue weighted by Gasteiger charge is 2.42. The number of amides is 3. The Morgan fingerprint density at radius 3 is 2.06 bits per heavy atom. The maximum Gasteiger partial charge on any atom is 0.262 e. The van der Waals surface area contributed by atoms with E-state index in [4.69, 9.17) is 4.52 Å². The van der Waals surface area contributed by atoms with Gasteiger partial charge in [0.05, 0.1) is 11.1 Å². The zero-order valence-electron chi connectivity index (χ0n) is 17.5. The first-order valence-corrected chi connectivity index (χ1v) is 10.5. The molecule has 4 aromatic rings. The summed E-state index contributed by atoms with van der Waals surface area (Å²) in [7, 11) is 0. The molecule has 1 aliphatic rings. The van der Waals surface area contributed by atoms with Gasteiger partial charge < -0.3 is 4.52 Å². The van der Waals surface area contributed by atoms with E-state index in [1.165, 1.54) is 0 Å². The highest BCUT2D eigenvalue weighted by molar-refractivity contribution is 6.23. The van der Waals surface area contributed by atoms with Crippen molar-refractivity contribution in [3.8, 4) is 11.3 Å². The number of hydrogen-bond donors (Lipinski definition) is 1. The van der Waals surface area contributed by atoms with E-state index in [0.717, 1.165) is 16.0 Å². The second kappa shape index (κ2) is 8.55. The first-order valence-electron chi connectivity index (χ1n) is 10.5. The van der Waals surface area contributed by atoms with Gasteiger partial charge in [0.2, 0.25) is 11.8 Å². The molecule has 7 heteroatoms. The number of fused-ring (bicyclic) bond motifs is 1. The van der Waals surface area contributed by atoms with E-state index in [2.05, 4.69) is 10.5 Å². The Morgan fingerprint density at radius 1 is 0.848 bits per heavy atom. The third kappa shape index (κ3) is 3.92. The standard InChI is InChI=1S/C26H19N3O4/c30-24(27-23-16-21(28-33-23)18-11-5-2-6-12-18)22(15-17-9-3-1-4-10-17)29-25(31)19-13-7-8-14-20(19)26(29)32/h1-14,16,22H,15H2,(H,27,30). The molecule has 0 spiro atoms. The van der Waals surface area contributed by atoms with Crippen LogP contribution in [0.3, 0.4) is 0 Å². The van der Waals surface area contributed by atoms with Gasteiger partial charge in [0.1, 0.15) is 11.7 Å². The number of carbonyl (C=O) groups is 3. The fraction of sp³-hybridized carbons (Fsp3) is 0.0769. The molecule has 1 aromatic heterocycles. The Morgan fingerprint density at radius 2 is 1.42 bits per heavy atom. The monoisotopic (exact) mass is 437 g/mol. The van der Waals surface area contributed by atoms with Crippen LogP contribution in [0.4, 0.5) is 5.88 Å². The van der Waals surface area contributed by atoms with E-state index in [9.17, 15) is 14.4 Å². The lowest BCUT2D eigenvalue weighted by atomic mass is 10.0. The second-order valence-corrected chi connectivity index (χ2v) is 7.66. The zero-order chi connectivity index (χ0) is 22.8. The van der Waals surface area contributed by atoms with Crippen LogP contribution < -0.4 is 5.32 Å². The van der Waals surface area contributed by atoms with Gasteiger partial charge in [0, 0.05) is 18.1 Å². The van der Waals surface area contributed by atoms with Crippen molar-refractivity contribution in [3.63, 3.8) is 0 Å². The largest absolute Gasteiger partial charge is 0.338 e. The molecule has 3 amide bonds. The molecule has 0 fully saturated rings. The van der Waals surface area contributed by atoms with Gasteiger partial charge in [-0.1, -0.05) is 78.0 Å². The first kappa shape index (κ1) is 20.4. The van der Waals surface area contributed by atoms with Gasteiger partial charge in [-0.05, 0) is 17.7 Å². The average Bonchev–Trinajstić information content (AvgIpc) is 3.42. The average molecular weight is 437 g/mol. The normalized spacial score (nSPS) is 13.6. The molecule has 3 aromatic carbocycles. The van der Waals surface area contributed by atoms with Crippen molar-refractivity contribution in [2.75, 3.05) is 5.32 Å². The number of carbonyl (C=O) groups excluding carboxylic acids is 3. The molecular weight excluding hydrogens is 418 g/mol. The van der Waals surface area contributed by atoms with E-state index in [0.29, 0.717) is 16.8 Å². The molecule has 1 atom stereocenters. The first-order chi connectivity index (χ1) is 16.1. The molecular formula is C26H19N3O4. The Bertz CT molecular complexity index is 1300. The van der Waals surface area contributed by atoms with Gasteiger partial charge in [-0.3, -0.25) is 24.6 Å². The minimum atomic E-state index is -1.06. The van der Waals surface area contributed by atoms with Crippen LogP contribution >= 0.6 is 0 Å². The summed E-state index contributed by atoms with van der Waals surface area (Å²) in [5.41, 5.74) is 2.80. The molecule has 1 aliphatic heterocycles. The molecule has 0 radical (unpaired) electrons. The molecule has 162 valence electrons. The van der Waals surface area contributed by atoms with Gasteiger partial charge in [-0.15, -0.1) is 0 Å². The van der Waals surface area contributed by atoms with Crippen molar-refractivity contribution in [1.82, 2.24) is 10.1 Å². The molecule has 1 N–H and O–H groups in total.